The predicted octanol–water partition coefficient (Wildman–Crippen LogP) is 3.12. The molecule has 0 bridgehead atoms. The molecule has 4 heteroatoms. The molecule has 0 aliphatic heterocycles. The lowest BCUT2D eigenvalue weighted by Gasteiger charge is -2.01. The molecule has 0 aliphatic rings. The number of nitrogens with one attached hydrogen (secondary N) is 1. The van der Waals surface area contributed by atoms with Crippen LogP contribution in [-0.2, 0) is 6.54 Å². The summed E-state index contributed by atoms with van der Waals surface area (Å²) in [5.41, 5.74) is 0. The quantitative estimate of drug-likeness (QED) is 0.616. The Morgan fingerprint density at radius 2 is 2.29 bits per heavy atom. The van der Waals surface area contributed by atoms with Crippen molar-refractivity contribution in [2.24, 2.45) is 0 Å². The number of unbranched alkanes of at least 4 members (excludes halogenated alkanes) is 1. The van der Waals surface area contributed by atoms with Gasteiger partial charge in [-0.1, -0.05) is 0 Å². The van der Waals surface area contributed by atoms with Crippen molar-refractivity contribution in [2.75, 3.05) is 18.6 Å². The third-order valence-electron chi connectivity index (χ3n) is 1.88. The van der Waals surface area contributed by atoms with Gasteiger partial charge in [0.05, 0.1) is 6.54 Å². The van der Waals surface area contributed by atoms with Crippen LogP contribution in [0.4, 0.5) is 0 Å². The van der Waals surface area contributed by atoms with E-state index in [1.165, 1.54) is 18.6 Å². The zero-order valence-corrected chi connectivity index (χ0v) is 11.4. The van der Waals surface area contributed by atoms with Crippen LogP contribution in [0.1, 0.15) is 18.6 Å². The average molecular weight is 325 g/mol. The minimum Gasteiger partial charge on any atom is -0.454 e. The lowest BCUT2D eigenvalue weighted by molar-refractivity contribution is 0.461. The fourth-order valence-electron chi connectivity index (χ4n) is 1.15. The molecular formula is C10H16INOS. The molecule has 0 amide bonds. The highest BCUT2D eigenvalue weighted by Crippen LogP contribution is 2.09. The summed E-state index contributed by atoms with van der Waals surface area (Å²) in [4.78, 5) is 0. The number of thioether (sulfide) groups is 1. The molecule has 0 unspecified atom stereocenters. The van der Waals surface area contributed by atoms with Gasteiger partial charge in [-0.05, 0) is 66.1 Å². The van der Waals surface area contributed by atoms with Gasteiger partial charge in [-0.25, -0.2) is 0 Å². The molecule has 2 nitrogen and oxygen atoms in total. The van der Waals surface area contributed by atoms with Gasteiger partial charge < -0.3 is 9.73 Å². The minimum absolute atomic E-state index is 0.849. The third kappa shape index (κ3) is 5.26. The van der Waals surface area contributed by atoms with Gasteiger partial charge in [-0.3, -0.25) is 0 Å². The van der Waals surface area contributed by atoms with Gasteiger partial charge in [0.15, 0.2) is 3.77 Å². The summed E-state index contributed by atoms with van der Waals surface area (Å²) in [5, 5.41) is 3.37. The first-order chi connectivity index (χ1) is 6.83. The Morgan fingerprint density at radius 3 is 2.93 bits per heavy atom. The SMILES string of the molecule is CSCCCCNCc1ccc(I)o1. The van der Waals surface area contributed by atoms with Crippen molar-refractivity contribution in [3.05, 3.63) is 21.7 Å². The Balaban J connectivity index is 1.99. The van der Waals surface area contributed by atoms with E-state index in [4.69, 9.17) is 4.42 Å². The fraction of sp³-hybridized carbons (Fsp3) is 0.600. The molecule has 1 N–H and O–H groups in total. The van der Waals surface area contributed by atoms with Crippen LogP contribution in [0.3, 0.4) is 0 Å². The molecule has 80 valence electrons. The first kappa shape index (κ1) is 12.4. The maximum atomic E-state index is 5.43. The second-order valence-electron chi connectivity index (χ2n) is 3.08. The number of hydrogen-bond acceptors (Lipinski definition) is 3. The predicted molar refractivity (Wildman–Crippen MR) is 70.7 cm³/mol. The Labute approximate surface area is 103 Å². The smallest absolute Gasteiger partial charge is 0.164 e. The number of furan rings is 1. The molecule has 14 heavy (non-hydrogen) atoms. The Kier molecular flexibility index (Phi) is 6.72. The van der Waals surface area contributed by atoms with E-state index in [-0.39, 0.29) is 0 Å². The van der Waals surface area contributed by atoms with Gasteiger partial charge in [0.2, 0.25) is 0 Å². The van der Waals surface area contributed by atoms with Crippen molar-refractivity contribution < 1.29 is 4.42 Å². The lowest BCUT2D eigenvalue weighted by Crippen LogP contribution is -2.14. The van der Waals surface area contributed by atoms with Crippen molar-refractivity contribution >= 4 is 34.4 Å². The van der Waals surface area contributed by atoms with E-state index in [2.05, 4.69) is 34.2 Å². The van der Waals surface area contributed by atoms with Gasteiger partial charge in [0.1, 0.15) is 5.76 Å². The molecule has 0 fully saturated rings. The third-order valence-corrected chi connectivity index (χ3v) is 3.16. The Hall–Kier alpha value is 0.320. The van der Waals surface area contributed by atoms with Crippen LogP contribution in [-0.4, -0.2) is 18.6 Å². The summed E-state index contributed by atoms with van der Waals surface area (Å²) in [6.45, 7) is 1.93. The van der Waals surface area contributed by atoms with Crippen LogP contribution in [0.5, 0.6) is 0 Å². The van der Waals surface area contributed by atoms with E-state index in [0.717, 1.165) is 22.6 Å². The number of halogens is 1. The normalized spacial score (nSPS) is 10.7. The highest BCUT2D eigenvalue weighted by molar-refractivity contribution is 14.1. The summed E-state index contributed by atoms with van der Waals surface area (Å²) in [6.07, 6.45) is 4.70. The first-order valence-corrected chi connectivity index (χ1v) is 7.24. The average Bonchev–Trinajstić information content (AvgIpc) is 2.58. The lowest BCUT2D eigenvalue weighted by atomic mass is 10.3. The Morgan fingerprint density at radius 1 is 1.43 bits per heavy atom. The molecule has 1 rings (SSSR count). The monoisotopic (exact) mass is 325 g/mol. The summed E-state index contributed by atoms with van der Waals surface area (Å²) >= 11 is 4.09. The molecular weight excluding hydrogens is 309 g/mol. The molecule has 0 aromatic carbocycles. The summed E-state index contributed by atoms with van der Waals surface area (Å²) < 4.78 is 6.39. The number of rotatable bonds is 7. The van der Waals surface area contributed by atoms with E-state index >= 15 is 0 Å². The maximum absolute atomic E-state index is 5.43. The van der Waals surface area contributed by atoms with E-state index in [1.807, 2.05) is 23.9 Å². The van der Waals surface area contributed by atoms with Crippen molar-refractivity contribution in [3.63, 3.8) is 0 Å². The van der Waals surface area contributed by atoms with Crippen molar-refractivity contribution in [1.29, 1.82) is 0 Å². The molecule has 0 aliphatic carbocycles. The molecule has 0 spiro atoms. The standard InChI is InChI=1S/C10H16INOS/c1-14-7-3-2-6-12-8-9-4-5-10(11)13-9/h4-5,12H,2-3,6-8H2,1H3. The fourth-order valence-corrected chi connectivity index (χ4v) is 2.11. The Bertz CT molecular complexity index is 252. The van der Waals surface area contributed by atoms with Crippen molar-refractivity contribution in [3.8, 4) is 0 Å². The van der Waals surface area contributed by atoms with Crippen LogP contribution >= 0.6 is 34.4 Å². The first-order valence-electron chi connectivity index (χ1n) is 4.77. The summed E-state index contributed by atoms with van der Waals surface area (Å²) in [6, 6.07) is 4.02. The van der Waals surface area contributed by atoms with E-state index in [1.54, 1.807) is 0 Å². The van der Waals surface area contributed by atoms with E-state index in [9.17, 15) is 0 Å². The minimum atomic E-state index is 0.849. The molecule has 0 atom stereocenters. The molecule has 0 saturated heterocycles. The summed E-state index contributed by atoms with van der Waals surface area (Å²) in [7, 11) is 0. The van der Waals surface area contributed by atoms with Gasteiger partial charge in [0, 0.05) is 0 Å². The van der Waals surface area contributed by atoms with Gasteiger partial charge in [0.25, 0.3) is 0 Å². The van der Waals surface area contributed by atoms with Crippen LogP contribution in [0.15, 0.2) is 16.5 Å². The number of hydrogen-bond donors (Lipinski definition) is 1. The highest BCUT2D eigenvalue weighted by atomic mass is 127. The van der Waals surface area contributed by atoms with Crippen LogP contribution in [0.25, 0.3) is 0 Å². The van der Waals surface area contributed by atoms with Crippen molar-refractivity contribution in [1.82, 2.24) is 5.32 Å². The zero-order chi connectivity index (χ0) is 10.2. The second kappa shape index (κ2) is 7.59. The maximum Gasteiger partial charge on any atom is 0.164 e. The molecule has 1 aromatic heterocycles. The molecule has 1 heterocycles. The van der Waals surface area contributed by atoms with Crippen LogP contribution in [0, 0.1) is 3.77 Å². The molecule has 1 aromatic rings. The topological polar surface area (TPSA) is 25.2 Å². The van der Waals surface area contributed by atoms with Crippen LogP contribution < -0.4 is 5.32 Å². The van der Waals surface area contributed by atoms with Gasteiger partial charge in [-0.15, -0.1) is 0 Å². The zero-order valence-electron chi connectivity index (χ0n) is 8.38. The van der Waals surface area contributed by atoms with Crippen LogP contribution in [0.2, 0.25) is 0 Å². The molecule has 0 saturated carbocycles. The summed E-state index contributed by atoms with van der Waals surface area (Å²) in [5.74, 6) is 2.29. The van der Waals surface area contributed by atoms with Gasteiger partial charge in [-0.2, -0.15) is 11.8 Å². The van der Waals surface area contributed by atoms with Gasteiger partial charge >= 0.3 is 0 Å². The largest absolute Gasteiger partial charge is 0.454 e. The molecule has 0 radical (unpaired) electrons. The van der Waals surface area contributed by atoms with E-state index < -0.39 is 0 Å². The van der Waals surface area contributed by atoms with Crippen molar-refractivity contribution in [2.45, 2.75) is 19.4 Å². The highest BCUT2D eigenvalue weighted by Gasteiger charge is 1.97. The van der Waals surface area contributed by atoms with E-state index in [0.29, 0.717) is 0 Å². The second-order valence-corrected chi connectivity index (χ2v) is 5.13.